The van der Waals surface area contributed by atoms with Gasteiger partial charge in [-0.25, -0.2) is 0 Å². The van der Waals surface area contributed by atoms with Crippen LogP contribution in [-0.4, -0.2) is 13.6 Å². The van der Waals surface area contributed by atoms with E-state index in [-0.39, 0.29) is 13.6 Å². The van der Waals surface area contributed by atoms with Crippen molar-refractivity contribution in [2.45, 2.75) is 0 Å². The summed E-state index contributed by atoms with van der Waals surface area (Å²) in [5.41, 5.74) is 3.00. The van der Waals surface area contributed by atoms with E-state index in [1.807, 2.05) is 54.6 Å². The summed E-state index contributed by atoms with van der Waals surface area (Å²) in [6, 6.07) is 22.0. The maximum atomic E-state index is 5.54. The molecule has 5 heteroatoms. The molecule has 0 aromatic heterocycles. The minimum atomic E-state index is 0.258. The molecule has 2 heterocycles. The molecule has 3 aromatic carbocycles. The largest absolute Gasteiger partial charge is 0.454 e. The Kier molecular flexibility index (Phi) is 3.16. The van der Waals surface area contributed by atoms with Gasteiger partial charge in [-0.3, -0.25) is 0 Å². The lowest BCUT2D eigenvalue weighted by molar-refractivity contribution is 0.173. The number of benzene rings is 3. The van der Waals surface area contributed by atoms with Gasteiger partial charge >= 0.3 is 0 Å². The van der Waals surface area contributed by atoms with Crippen molar-refractivity contribution < 1.29 is 18.9 Å². The van der Waals surface area contributed by atoms with Crippen molar-refractivity contribution in [2.24, 2.45) is 0 Å². The van der Waals surface area contributed by atoms with Crippen molar-refractivity contribution in [3.05, 3.63) is 66.7 Å². The number of anilines is 3. The zero-order valence-electron chi connectivity index (χ0n) is 13.3. The van der Waals surface area contributed by atoms with Crippen molar-refractivity contribution in [3.63, 3.8) is 0 Å². The molecule has 0 fully saturated rings. The third-order valence-corrected chi connectivity index (χ3v) is 4.24. The molecule has 0 saturated heterocycles. The third kappa shape index (κ3) is 2.41. The van der Waals surface area contributed by atoms with E-state index in [1.54, 1.807) is 0 Å². The molecule has 2 aliphatic rings. The number of nitrogens with zero attached hydrogens (tertiary/aromatic N) is 1. The topological polar surface area (TPSA) is 40.2 Å². The van der Waals surface area contributed by atoms with Crippen molar-refractivity contribution in [1.82, 2.24) is 0 Å². The standard InChI is InChI=1S/C20H15NO4/c1-2-4-14(5-3-1)21(15-6-8-17-19(10-15)24-12-22-17)16-7-9-18-20(11-16)25-13-23-18/h1-11H,12-13H2. The fraction of sp³-hybridized carbons (Fsp3) is 0.100. The van der Waals surface area contributed by atoms with E-state index >= 15 is 0 Å². The van der Waals surface area contributed by atoms with Crippen molar-refractivity contribution in [1.29, 1.82) is 0 Å². The lowest BCUT2D eigenvalue weighted by Crippen LogP contribution is -2.09. The molecule has 0 bridgehead atoms. The quantitative estimate of drug-likeness (QED) is 0.700. The Balaban J connectivity index is 1.64. The van der Waals surface area contributed by atoms with E-state index in [4.69, 9.17) is 18.9 Å². The molecule has 2 aliphatic heterocycles. The molecule has 0 aliphatic carbocycles. The van der Waals surface area contributed by atoms with Crippen LogP contribution in [-0.2, 0) is 0 Å². The summed E-state index contributed by atoms with van der Waals surface area (Å²) < 4.78 is 21.9. The lowest BCUT2D eigenvalue weighted by Gasteiger charge is -2.25. The zero-order chi connectivity index (χ0) is 16.6. The van der Waals surface area contributed by atoms with Gasteiger partial charge in [-0.2, -0.15) is 0 Å². The number of fused-ring (bicyclic) bond motifs is 2. The van der Waals surface area contributed by atoms with E-state index in [2.05, 4.69) is 17.0 Å². The molecule has 25 heavy (non-hydrogen) atoms. The van der Waals surface area contributed by atoms with Crippen LogP contribution in [0.15, 0.2) is 66.7 Å². The van der Waals surface area contributed by atoms with Crippen molar-refractivity contribution in [2.75, 3.05) is 18.5 Å². The summed E-state index contributed by atoms with van der Waals surface area (Å²) in [5.74, 6) is 3.03. The second kappa shape index (κ2) is 5.63. The van der Waals surface area contributed by atoms with Gasteiger partial charge in [-0.1, -0.05) is 18.2 Å². The Hall–Kier alpha value is -3.34. The highest BCUT2D eigenvalue weighted by atomic mass is 16.7. The van der Waals surface area contributed by atoms with Gasteiger partial charge in [0.05, 0.1) is 11.4 Å². The molecular weight excluding hydrogens is 318 g/mol. The highest BCUT2D eigenvalue weighted by Crippen LogP contribution is 2.43. The van der Waals surface area contributed by atoms with Crippen LogP contribution in [0.3, 0.4) is 0 Å². The smallest absolute Gasteiger partial charge is 0.231 e. The zero-order valence-corrected chi connectivity index (χ0v) is 13.3. The molecule has 0 radical (unpaired) electrons. The van der Waals surface area contributed by atoms with E-state index < -0.39 is 0 Å². The number of rotatable bonds is 3. The molecule has 0 atom stereocenters. The summed E-state index contributed by atoms with van der Waals surface area (Å²) in [6.07, 6.45) is 0. The Morgan fingerprint density at radius 3 is 1.60 bits per heavy atom. The predicted molar refractivity (Wildman–Crippen MR) is 93.4 cm³/mol. The molecule has 124 valence electrons. The molecule has 0 spiro atoms. The fourth-order valence-electron chi connectivity index (χ4n) is 3.07. The molecule has 5 rings (SSSR count). The van der Waals surface area contributed by atoms with E-state index in [9.17, 15) is 0 Å². The highest BCUT2D eigenvalue weighted by Gasteiger charge is 2.21. The first-order valence-corrected chi connectivity index (χ1v) is 8.03. The Morgan fingerprint density at radius 1 is 0.520 bits per heavy atom. The highest BCUT2D eigenvalue weighted by molar-refractivity contribution is 5.79. The van der Waals surface area contributed by atoms with Crippen LogP contribution < -0.4 is 23.8 Å². The average Bonchev–Trinajstić information content (AvgIpc) is 3.31. The van der Waals surface area contributed by atoms with E-state index in [0.29, 0.717) is 0 Å². The maximum absolute atomic E-state index is 5.54. The minimum absolute atomic E-state index is 0.258. The normalized spacial score (nSPS) is 13.8. The van der Waals surface area contributed by atoms with Crippen LogP contribution >= 0.6 is 0 Å². The Labute approximate surface area is 144 Å². The Morgan fingerprint density at radius 2 is 1.04 bits per heavy atom. The van der Waals surface area contributed by atoms with Crippen LogP contribution in [0.5, 0.6) is 23.0 Å². The number of para-hydroxylation sites is 1. The second-order valence-corrected chi connectivity index (χ2v) is 5.75. The van der Waals surface area contributed by atoms with Gasteiger partial charge in [0.1, 0.15) is 0 Å². The van der Waals surface area contributed by atoms with Gasteiger partial charge in [0.2, 0.25) is 13.6 Å². The SMILES string of the molecule is c1ccc(N(c2ccc3c(c2)OCO3)c2ccc3c(c2)OCO3)cc1. The van der Waals surface area contributed by atoms with Crippen LogP contribution in [0.4, 0.5) is 17.1 Å². The van der Waals surface area contributed by atoms with Gasteiger partial charge < -0.3 is 23.8 Å². The van der Waals surface area contributed by atoms with Gasteiger partial charge in [-0.05, 0) is 36.4 Å². The molecule has 0 unspecified atom stereocenters. The number of hydrogen-bond acceptors (Lipinski definition) is 5. The molecule has 3 aromatic rings. The number of hydrogen-bond donors (Lipinski definition) is 0. The summed E-state index contributed by atoms with van der Waals surface area (Å²) in [7, 11) is 0. The van der Waals surface area contributed by atoms with Crippen molar-refractivity contribution in [3.8, 4) is 23.0 Å². The molecule has 0 amide bonds. The van der Waals surface area contributed by atoms with Crippen LogP contribution in [0.2, 0.25) is 0 Å². The predicted octanol–water partition coefficient (Wildman–Crippen LogP) is 4.61. The van der Waals surface area contributed by atoms with Crippen molar-refractivity contribution >= 4 is 17.1 Å². The Bertz CT molecular complexity index is 869. The first kappa shape index (κ1) is 14.0. The van der Waals surface area contributed by atoms with Crippen LogP contribution in [0.1, 0.15) is 0 Å². The van der Waals surface area contributed by atoms with Gasteiger partial charge in [0, 0.05) is 17.8 Å². The van der Waals surface area contributed by atoms with Gasteiger partial charge in [-0.15, -0.1) is 0 Å². The van der Waals surface area contributed by atoms with Crippen LogP contribution in [0.25, 0.3) is 0 Å². The van der Waals surface area contributed by atoms with Crippen LogP contribution in [0, 0.1) is 0 Å². The summed E-state index contributed by atoms with van der Waals surface area (Å²) >= 11 is 0. The summed E-state index contributed by atoms with van der Waals surface area (Å²) in [6.45, 7) is 0.516. The third-order valence-electron chi connectivity index (χ3n) is 4.24. The monoisotopic (exact) mass is 333 g/mol. The van der Waals surface area contributed by atoms with E-state index in [1.165, 1.54) is 0 Å². The average molecular weight is 333 g/mol. The summed E-state index contributed by atoms with van der Waals surface area (Å²) in [5, 5.41) is 0. The molecular formula is C20H15NO4. The lowest BCUT2D eigenvalue weighted by atomic mass is 10.1. The minimum Gasteiger partial charge on any atom is -0.454 e. The van der Waals surface area contributed by atoms with Gasteiger partial charge in [0.15, 0.2) is 23.0 Å². The molecule has 5 nitrogen and oxygen atoms in total. The summed E-state index contributed by atoms with van der Waals surface area (Å²) in [4.78, 5) is 2.14. The van der Waals surface area contributed by atoms with Gasteiger partial charge in [0.25, 0.3) is 0 Å². The first-order valence-electron chi connectivity index (χ1n) is 8.03. The maximum Gasteiger partial charge on any atom is 0.231 e. The first-order chi connectivity index (χ1) is 12.4. The molecule has 0 N–H and O–H groups in total. The van der Waals surface area contributed by atoms with E-state index in [0.717, 1.165) is 40.1 Å². The molecule has 0 saturated carbocycles. The fourth-order valence-corrected chi connectivity index (χ4v) is 3.07. The second-order valence-electron chi connectivity index (χ2n) is 5.75. The number of ether oxygens (including phenoxy) is 4.